The van der Waals surface area contributed by atoms with Crippen LogP contribution >= 0.6 is 0 Å². The van der Waals surface area contributed by atoms with Gasteiger partial charge in [-0.25, -0.2) is 18.7 Å². The molecule has 2 aromatic heterocycles. The van der Waals surface area contributed by atoms with E-state index in [9.17, 15) is 8.78 Å². The standard InChI is InChI=1S/C17H23F2N5O/c1-5-24-12(4)13(7-20-24)14-6-15(16(18)19)22-17(21-14)23-8-10(2)25-11(3)9-23/h6-7,10-11,16H,5,8-9H2,1-4H3/t10-,11+. The molecule has 3 heterocycles. The number of aromatic nitrogens is 4. The summed E-state index contributed by atoms with van der Waals surface area (Å²) >= 11 is 0. The van der Waals surface area contributed by atoms with E-state index >= 15 is 0 Å². The molecule has 1 aliphatic rings. The van der Waals surface area contributed by atoms with Crippen LogP contribution in [0.25, 0.3) is 11.3 Å². The number of ether oxygens (including phenoxy) is 1. The minimum atomic E-state index is -2.65. The second-order valence-corrected chi connectivity index (χ2v) is 6.40. The summed E-state index contributed by atoms with van der Waals surface area (Å²) in [5.41, 5.74) is 1.86. The summed E-state index contributed by atoms with van der Waals surface area (Å²) in [5, 5.41) is 4.29. The summed E-state index contributed by atoms with van der Waals surface area (Å²) in [6.45, 7) is 9.66. The molecule has 1 saturated heterocycles. The molecule has 8 heteroatoms. The average molecular weight is 351 g/mol. The molecule has 6 nitrogen and oxygen atoms in total. The molecule has 1 fully saturated rings. The summed E-state index contributed by atoms with van der Waals surface area (Å²) in [6.07, 6.45) is -0.991. The van der Waals surface area contributed by atoms with Gasteiger partial charge in [0.05, 0.1) is 24.1 Å². The van der Waals surface area contributed by atoms with Crippen molar-refractivity contribution in [2.75, 3.05) is 18.0 Å². The van der Waals surface area contributed by atoms with Gasteiger partial charge in [0.25, 0.3) is 6.43 Å². The molecule has 3 rings (SSSR count). The predicted molar refractivity (Wildman–Crippen MR) is 90.8 cm³/mol. The van der Waals surface area contributed by atoms with Crippen LogP contribution in [0, 0.1) is 6.92 Å². The number of halogens is 2. The van der Waals surface area contributed by atoms with E-state index in [1.807, 2.05) is 37.3 Å². The van der Waals surface area contributed by atoms with Crippen LogP contribution in [-0.2, 0) is 11.3 Å². The maximum absolute atomic E-state index is 13.4. The van der Waals surface area contributed by atoms with Gasteiger partial charge in [0, 0.05) is 30.9 Å². The lowest BCUT2D eigenvalue weighted by atomic mass is 10.1. The van der Waals surface area contributed by atoms with E-state index in [1.165, 1.54) is 6.07 Å². The van der Waals surface area contributed by atoms with Crippen molar-refractivity contribution in [3.63, 3.8) is 0 Å². The summed E-state index contributed by atoms with van der Waals surface area (Å²) < 4.78 is 34.3. The van der Waals surface area contributed by atoms with Crippen LogP contribution in [0.1, 0.15) is 38.6 Å². The molecule has 25 heavy (non-hydrogen) atoms. The second-order valence-electron chi connectivity index (χ2n) is 6.40. The van der Waals surface area contributed by atoms with Gasteiger partial charge in [-0.05, 0) is 33.8 Å². The van der Waals surface area contributed by atoms with Crippen molar-refractivity contribution in [2.24, 2.45) is 0 Å². The molecule has 0 aromatic carbocycles. The number of aryl methyl sites for hydroxylation is 1. The molecular formula is C17H23F2N5O. The lowest BCUT2D eigenvalue weighted by molar-refractivity contribution is -0.00575. The normalized spacial score (nSPS) is 21.2. The van der Waals surface area contributed by atoms with Gasteiger partial charge in [-0.2, -0.15) is 5.10 Å². The molecule has 0 radical (unpaired) electrons. The van der Waals surface area contributed by atoms with Gasteiger partial charge >= 0.3 is 0 Å². The Balaban J connectivity index is 2.04. The van der Waals surface area contributed by atoms with Crippen molar-refractivity contribution in [1.29, 1.82) is 0 Å². The van der Waals surface area contributed by atoms with E-state index in [4.69, 9.17) is 4.74 Å². The Labute approximate surface area is 145 Å². The highest BCUT2D eigenvalue weighted by molar-refractivity contribution is 5.63. The molecule has 0 aliphatic carbocycles. The minimum Gasteiger partial charge on any atom is -0.372 e. The summed E-state index contributed by atoms with van der Waals surface area (Å²) in [7, 11) is 0. The van der Waals surface area contributed by atoms with Crippen LogP contribution in [0.5, 0.6) is 0 Å². The van der Waals surface area contributed by atoms with Crippen molar-refractivity contribution < 1.29 is 13.5 Å². The number of hydrogen-bond acceptors (Lipinski definition) is 5. The molecule has 0 amide bonds. The molecule has 0 bridgehead atoms. The van der Waals surface area contributed by atoms with Crippen LogP contribution < -0.4 is 4.90 Å². The third kappa shape index (κ3) is 3.63. The monoisotopic (exact) mass is 351 g/mol. The number of hydrogen-bond donors (Lipinski definition) is 0. The van der Waals surface area contributed by atoms with E-state index in [-0.39, 0.29) is 17.9 Å². The van der Waals surface area contributed by atoms with Crippen LogP contribution in [-0.4, -0.2) is 45.0 Å². The first-order valence-corrected chi connectivity index (χ1v) is 8.49. The fourth-order valence-corrected chi connectivity index (χ4v) is 3.20. The van der Waals surface area contributed by atoms with Gasteiger partial charge in [-0.15, -0.1) is 0 Å². The van der Waals surface area contributed by atoms with Crippen molar-refractivity contribution in [1.82, 2.24) is 19.7 Å². The number of rotatable bonds is 4. The minimum absolute atomic E-state index is 0.00409. The first kappa shape index (κ1) is 17.7. The molecule has 0 spiro atoms. The van der Waals surface area contributed by atoms with E-state index in [1.54, 1.807) is 6.20 Å². The molecule has 0 N–H and O–H groups in total. The van der Waals surface area contributed by atoms with Crippen molar-refractivity contribution >= 4 is 5.95 Å². The number of nitrogens with zero attached hydrogens (tertiary/aromatic N) is 5. The predicted octanol–water partition coefficient (Wildman–Crippen LogP) is 3.22. The summed E-state index contributed by atoms with van der Waals surface area (Å²) in [5.74, 6) is 0.318. The van der Waals surface area contributed by atoms with E-state index in [2.05, 4.69) is 15.1 Å². The fourth-order valence-electron chi connectivity index (χ4n) is 3.20. The zero-order chi connectivity index (χ0) is 18.1. The van der Waals surface area contributed by atoms with Crippen LogP contribution in [0.3, 0.4) is 0 Å². The highest BCUT2D eigenvalue weighted by Crippen LogP contribution is 2.28. The van der Waals surface area contributed by atoms with E-state index in [0.717, 1.165) is 11.3 Å². The maximum Gasteiger partial charge on any atom is 0.280 e. The lowest BCUT2D eigenvalue weighted by Gasteiger charge is -2.35. The Morgan fingerprint density at radius 3 is 2.48 bits per heavy atom. The van der Waals surface area contributed by atoms with Gasteiger partial charge in [-0.1, -0.05) is 0 Å². The molecule has 2 atom stereocenters. The van der Waals surface area contributed by atoms with Gasteiger partial charge in [-0.3, -0.25) is 4.68 Å². The Kier molecular flexibility index (Phi) is 4.99. The third-order valence-corrected chi connectivity index (χ3v) is 4.34. The van der Waals surface area contributed by atoms with Gasteiger partial charge in [0.2, 0.25) is 5.95 Å². The van der Waals surface area contributed by atoms with Gasteiger partial charge in [0.15, 0.2) is 0 Å². The molecular weight excluding hydrogens is 328 g/mol. The highest BCUT2D eigenvalue weighted by atomic mass is 19.3. The van der Waals surface area contributed by atoms with Gasteiger partial charge < -0.3 is 9.64 Å². The first-order valence-electron chi connectivity index (χ1n) is 8.49. The molecule has 1 aliphatic heterocycles. The average Bonchev–Trinajstić information content (AvgIpc) is 2.94. The quantitative estimate of drug-likeness (QED) is 0.847. The highest BCUT2D eigenvalue weighted by Gasteiger charge is 2.26. The number of anilines is 1. The van der Waals surface area contributed by atoms with Crippen molar-refractivity contribution in [2.45, 2.75) is 52.9 Å². The van der Waals surface area contributed by atoms with Crippen LogP contribution in [0.15, 0.2) is 12.3 Å². The fraction of sp³-hybridized carbons (Fsp3) is 0.588. The number of alkyl halides is 2. The zero-order valence-electron chi connectivity index (χ0n) is 14.9. The lowest BCUT2D eigenvalue weighted by Crippen LogP contribution is -2.46. The van der Waals surface area contributed by atoms with E-state index in [0.29, 0.717) is 31.3 Å². The Morgan fingerprint density at radius 1 is 1.24 bits per heavy atom. The number of morpholine rings is 1. The largest absolute Gasteiger partial charge is 0.372 e. The third-order valence-electron chi connectivity index (χ3n) is 4.34. The zero-order valence-corrected chi connectivity index (χ0v) is 14.9. The molecule has 2 aromatic rings. The van der Waals surface area contributed by atoms with Crippen LogP contribution in [0.4, 0.5) is 14.7 Å². The maximum atomic E-state index is 13.4. The Hall–Kier alpha value is -2.09. The molecule has 136 valence electrons. The van der Waals surface area contributed by atoms with Crippen LogP contribution in [0.2, 0.25) is 0 Å². The van der Waals surface area contributed by atoms with E-state index < -0.39 is 6.43 Å². The molecule has 0 saturated carbocycles. The Bertz CT molecular complexity index is 739. The summed E-state index contributed by atoms with van der Waals surface area (Å²) in [4.78, 5) is 10.6. The van der Waals surface area contributed by atoms with Crippen molar-refractivity contribution in [3.8, 4) is 11.3 Å². The Morgan fingerprint density at radius 2 is 1.92 bits per heavy atom. The smallest absolute Gasteiger partial charge is 0.280 e. The van der Waals surface area contributed by atoms with Crippen molar-refractivity contribution in [3.05, 3.63) is 23.7 Å². The SMILES string of the molecule is CCn1ncc(-c2cc(C(F)F)nc(N3C[C@@H](C)O[C@@H](C)C3)n2)c1C. The topological polar surface area (TPSA) is 56.1 Å². The summed E-state index contributed by atoms with van der Waals surface area (Å²) in [6, 6.07) is 1.35. The van der Waals surface area contributed by atoms with Gasteiger partial charge in [0.1, 0.15) is 5.69 Å². The molecule has 0 unspecified atom stereocenters. The second kappa shape index (κ2) is 7.03. The first-order chi connectivity index (χ1) is 11.9.